The Morgan fingerprint density at radius 2 is 2.10 bits per heavy atom. The van der Waals surface area contributed by atoms with Crippen LogP contribution in [0.2, 0.25) is 0 Å². The third-order valence-corrected chi connectivity index (χ3v) is 3.97. The molecule has 0 saturated carbocycles. The molecule has 5 heteroatoms. The number of ether oxygens (including phenoxy) is 1. The van der Waals surface area contributed by atoms with Crippen molar-refractivity contribution in [3.05, 3.63) is 57.9 Å². The number of rotatable bonds is 2. The lowest BCUT2D eigenvalue weighted by molar-refractivity contribution is 0.0600. The first-order valence-corrected chi connectivity index (χ1v) is 7.09. The van der Waals surface area contributed by atoms with Gasteiger partial charge in [0.25, 0.3) is 0 Å². The maximum atomic E-state index is 11.5. The molecule has 0 aliphatic carbocycles. The van der Waals surface area contributed by atoms with E-state index in [0.29, 0.717) is 5.56 Å². The van der Waals surface area contributed by atoms with E-state index in [4.69, 9.17) is 4.74 Å². The molecule has 0 saturated heterocycles. The number of hydrogen-bond acceptors (Lipinski definition) is 3. The molecule has 2 aromatic heterocycles. The summed E-state index contributed by atoms with van der Waals surface area (Å²) in [6.45, 7) is 0. The van der Waals surface area contributed by atoms with E-state index >= 15 is 0 Å². The van der Waals surface area contributed by atoms with Crippen molar-refractivity contribution in [1.82, 2.24) is 9.38 Å². The molecule has 0 aliphatic heterocycles. The van der Waals surface area contributed by atoms with Crippen LogP contribution in [-0.2, 0) is 4.74 Å². The SMILES string of the molecule is COC(=O)c1ccn2cc(-c3ccccc3I)nc2c1. The highest BCUT2D eigenvalue weighted by molar-refractivity contribution is 14.1. The second-order valence-corrected chi connectivity index (χ2v) is 5.44. The van der Waals surface area contributed by atoms with E-state index in [1.54, 1.807) is 12.1 Å². The summed E-state index contributed by atoms with van der Waals surface area (Å²) in [5, 5.41) is 0. The van der Waals surface area contributed by atoms with Gasteiger partial charge in [0, 0.05) is 21.5 Å². The first-order valence-electron chi connectivity index (χ1n) is 6.01. The molecule has 0 fully saturated rings. The van der Waals surface area contributed by atoms with Crippen LogP contribution in [0.15, 0.2) is 48.8 Å². The summed E-state index contributed by atoms with van der Waals surface area (Å²) in [5.74, 6) is -0.355. The molecule has 0 unspecified atom stereocenters. The lowest BCUT2D eigenvalue weighted by Gasteiger charge is -1.98. The van der Waals surface area contributed by atoms with E-state index in [9.17, 15) is 4.79 Å². The van der Waals surface area contributed by atoms with E-state index in [1.807, 2.05) is 41.1 Å². The van der Waals surface area contributed by atoms with Crippen molar-refractivity contribution in [3.8, 4) is 11.3 Å². The zero-order chi connectivity index (χ0) is 14.1. The highest BCUT2D eigenvalue weighted by Gasteiger charge is 2.10. The summed E-state index contributed by atoms with van der Waals surface area (Å²) in [4.78, 5) is 16.1. The third kappa shape index (κ3) is 2.29. The summed E-state index contributed by atoms with van der Waals surface area (Å²) < 4.78 is 7.75. The fourth-order valence-corrected chi connectivity index (χ4v) is 2.69. The smallest absolute Gasteiger partial charge is 0.338 e. The molecule has 100 valence electrons. The predicted octanol–water partition coefficient (Wildman–Crippen LogP) is 3.39. The van der Waals surface area contributed by atoms with Crippen LogP contribution >= 0.6 is 22.6 Å². The van der Waals surface area contributed by atoms with Gasteiger partial charge in [0.2, 0.25) is 0 Å². The normalized spacial score (nSPS) is 10.7. The molecule has 20 heavy (non-hydrogen) atoms. The highest BCUT2D eigenvalue weighted by atomic mass is 127. The van der Waals surface area contributed by atoms with E-state index in [1.165, 1.54) is 7.11 Å². The Balaban J connectivity index is 2.12. The van der Waals surface area contributed by atoms with Crippen molar-refractivity contribution < 1.29 is 9.53 Å². The Morgan fingerprint density at radius 3 is 2.85 bits per heavy atom. The van der Waals surface area contributed by atoms with Crippen molar-refractivity contribution >= 4 is 34.2 Å². The number of aromatic nitrogens is 2. The lowest BCUT2D eigenvalue weighted by atomic mass is 10.2. The largest absolute Gasteiger partial charge is 0.465 e. The Labute approximate surface area is 129 Å². The number of methoxy groups -OCH3 is 1. The fourth-order valence-electron chi connectivity index (χ4n) is 2.03. The van der Waals surface area contributed by atoms with Gasteiger partial charge in [0.15, 0.2) is 0 Å². The fraction of sp³-hybridized carbons (Fsp3) is 0.0667. The monoisotopic (exact) mass is 378 g/mol. The molecular weight excluding hydrogens is 367 g/mol. The first-order chi connectivity index (χ1) is 9.69. The van der Waals surface area contributed by atoms with Gasteiger partial charge in [0.05, 0.1) is 18.4 Å². The number of carbonyl (C=O) groups excluding carboxylic acids is 1. The molecular formula is C15H11IN2O2. The summed E-state index contributed by atoms with van der Waals surface area (Å²) in [6.07, 6.45) is 3.77. The summed E-state index contributed by atoms with van der Waals surface area (Å²) in [5.41, 5.74) is 3.19. The van der Waals surface area contributed by atoms with E-state index in [2.05, 4.69) is 27.6 Å². The first kappa shape index (κ1) is 13.1. The molecule has 0 spiro atoms. The molecule has 0 aliphatic rings. The zero-order valence-corrected chi connectivity index (χ0v) is 12.9. The van der Waals surface area contributed by atoms with Crippen molar-refractivity contribution in [3.63, 3.8) is 0 Å². The van der Waals surface area contributed by atoms with Crippen LogP contribution in [0, 0.1) is 3.57 Å². The van der Waals surface area contributed by atoms with Crippen LogP contribution in [-0.4, -0.2) is 22.5 Å². The van der Waals surface area contributed by atoms with Crippen LogP contribution in [0.1, 0.15) is 10.4 Å². The van der Waals surface area contributed by atoms with Gasteiger partial charge in [-0.3, -0.25) is 0 Å². The van der Waals surface area contributed by atoms with Crippen molar-refractivity contribution in [2.45, 2.75) is 0 Å². The average Bonchev–Trinajstić information content (AvgIpc) is 2.89. The molecule has 0 atom stereocenters. The number of halogens is 1. The molecule has 0 radical (unpaired) electrons. The molecule has 3 rings (SSSR count). The number of fused-ring (bicyclic) bond motifs is 1. The van der Waals surface area contributed by atoms with Gasteiger partial charge >= 0.3 is 5.97 Å². The molecule has 0 N–H and O–H groups in total. The third-order valence-electron chi connectivity index (χ3n) is 3.03. The summed E-state index contributed by atoms with van der Waals surface area (Å²) >= 11 is 2.29. The predicted molar refractivity (Wildman–Crippen MR) is 84.7 cm³/mol. The molecule has 2 heterocycles. The quantitative estimate of drug-likeness (QED) is 0.507. The van der Waals surface area contributed by atoms with Gasteiger partial charge in [0.1, 0.15) is 5.65 Å². The number of pyridine rings is 1. The topological polar surface area (TPSA) is 43.6 Å². The van der Waals surface area contributed by atoms with Gasteiger partial charge in [-0.15, -0.1) is 0 Å². The highest BCUT2D eigenvalue weighted by Crippen LogP contribution is 2.24. The van der Waals surface area contributed by atoms with Crippen molar-refractivity contribution in [1.29, 1.82) is 0 Å². The standard InChI is InChI=1S/C15H11IN2O2/c1-20-15(19)10-6-7-18-9-13(17-14(18)8-10)11-4-2-3-5-12(11)16/h2-9H,1H3. The lowest BCUT2D eigenvalue weighted by Crippen LogP contribution is -2.01. The van der Waals surface area contributed by atoms with Crippen LogP contribution in [0.5, 0.6) is 0 Å². The van der Waals surface area contributed by atoms with Crippen molar-refractivity contribution in [2.75, 3.05) is 7.11 Å². The molecule has 1 aromatic carbocycles. The van der Waals surface area contributed by atoms with Crippen LogP contribution in [0.4, 0.5) is 0 Å². The maximum absolute atomic E-state index is 11.5. The number of imidazole rings is 1. The molecule has 4 nitrogen and oxygen atoms in total. The van der Waals surface area contributed by atoms with Crippen LogP contribution in [0.3, 0.4) is 0 Å². The maximum Gasteiger partial charge on any atom is 0.338 e. The molecule has 0 bridgehead atoms. The minimum absolute atomic E-state index is 0.355. The molecule has 3 aromatic rings. The number of hydrogen-bond donors (Lipinski definition) is 0. The van der Waals surface area contributed by atoms with Gasteiger partial charge in [-0.2, -0.15) is 0 Å². The summed E-state index contributed by atoms with van der Waals surface area (Å²) in [6, 6.07) is 11.5. The van der Waals surface area contributed by atoms with E-state index in [0.717, 1.165) is 20.5 Å². The van der Waals surface area contributed by atoms with Gasteiger partial charge in [-0.05, 0) is 40.8 Å². The van der Waals surface area contributed by atoms with Crippen LogP contribution < -0.4 is 0 Å². The Hall–Kier alpha value is -1.89. The average molecular weight is 378 g/mol. The van der Waals surface area contributed by atoms with Gasteiger partial charge < -0.3 is 9.14 Å². The van der Waals surface area contributed by atoms with Crippen LogP contribution in [0.25, 0.3) is 16.9 Å². The second-order valence-electron chi connectivity index (χ2n) is 4.28. The second kappa shape index (κ2) is 5.24. The molecule has 0 amide bonds. The number of carbonyl (C=O) groups is 1. The Morgan fingerprint density at radius 1 is 1.30 bits per heavy atom. The Bertz CT molecular complexity index is 795. The van der Waals surface area contributed by atoms with Gasteiger partial charge in [-0.1, -0.05) is 18.2 Å². The van der Waals surface area contributed by atoms with Crippen molar-refractivity contribution in [2.24, 2.45) is 0 Å². The van der Waals surface area contributed by atoms with Gasteiger partial charge in [-0.25, -0.2) is 9.78 Å². The Kier molecular flexibility index (Phi) is 3.43. The minimum atomic E-state index is -0.355. The number of benzene rings is 1. The zero-order valence-electron chi connectivity index (χ0n) is 10.7. The van der Waals surface area contributed by atoms with E-state index < -0.39 is 0 Å². The minimum Gasteiger partial charge on any atom is -0.465 e. The van der Waals surface area contributed by atoms with E-state index in [-0.39, 0.29) is 5.97 Å². The number of nitrogens with zero attached hydrogens (tertiary/aromatic N) is 2. The number of esters is 1. The summed E-state index contributed by atoms with van der Waals surface area (Å²) in [7, 11) is 1.37.